The predicted molar refractivity (Wildman–Crippen MR) is 54.9 cm³/mol. The zero-order valence-electron chi connectivity index (χ0n) is 8.88. The van der Waals surface area contributed by atoms with Gasteiger partial charge >= 0.3 is 12.0 Å². The molecule has 9 nitrogen and oxygen atoms in total. The molecular weight excluding hydrogens is 230 g/mol. The average Bonchev–Trinajstić information content (AvgIpc) is 2.78. The summed E-state index contributed by atoms with van der Waals surface area (Å²) in [6.07, 6.45) is 1.24. The third-order valence-electron chi connectivity index (χ3n) is 1.90. The SMILES string of the molecule is O=C(NCc1ncn[nH]1)N[C@H](CCO)C(=O)O. The van der Waals surface area contributed by atoms with Crippen LogP contribution in [-0.2, 0) is 11.3 Å². The van der Waals surface area contributed by atoms with Crippen LogP contribution in [0.15, 0.2) is 6.33 Å². The summed E-state index contributed by atoms with van der Waals surface area (Å²) in [6.45, 7) is -0.212. The molecule has 0 saturated carbocycles. The number of carbonyl (C=O) groups is 2. The van der Waals surface area contributed by atoms with Gasteiger partial charge in [-0.3, -0.25) is 5.10 Å². The fourth-order valence-electron chi connectivity index (χ4n) is 1.08. The summed E-state index contributed by atoms with van der Waals surface area (Å²) in [5.74, 6) is -0.747. The molecule has 1 atom stereocenters. The molecule has 9 heteroatoms. The number of aliphatic hydroxyl groups excluding tert-OH is 1. The van der Waals surface area contributed by atoms with Gasteiger partial charge in [0.25, 0.3) is 0 Å². The van der Waals surface area contributed by atoms with E-state index in [1.165, 1.54) is 6.33 Å². The Morgan fingerprint density at radius 1 is 1.53 bits per heavy atom. The smallest absolute Gasteiger partial charge is 0.326 e. The van der Waals surface area contributed by atoms with Crippen LogP contribution in [0.2, 0.25) is 0 Å². The molecule has 0 aliphatic carbocycles. The highest BCUT2D eigenvalue weighted by Gasteiger charge is 2.18. The number of aromatic amines is 1. The van der Waals surface area contributed by atoms with Gasteiger partial charge in [0.2, 0.25) is 0 Å². The molecule has 0 saturated heterocycles. The molecule has 94 valence electrons. The molecule has 0 aromatic carbocycles. The second-order valence-corrected chi connectivity index (χ2v) is 3.16. The number of H-pyrrole nitrogens is 1. The zero-order chi connectivity index (χ0) is 12.7. The Morgan fingerprint density at radius 3 is 2.82 bits per heavy atom. The maximum absolute atomic E-state index is 11.3. The van der Waals surface area contributed by atoms with Crippen LogP contribution in [0.1, 0.15) is 12.2 Å². The van der Waals surface area contributed by atoms with E-state index in [9.17, 15) is 9.59 Å². The number of carboxylic acid groups (broad SMARTS) is 1. The van der Waals surface area contributed by atoms with Crippen molar-refractivity contribution in [1.82, 2.24) is 25.8 Å². The van der Waals surface area contributed by atoms with E-state index >= 15 is 0 Å². The minimum Gasteiger partial charge on any atom is -0.480 e. The van der Waals surface area contributed by atoms with E-state index in [0.717, 1.165) is 0 Å². The Bertz CT molecular complexity index is 366. The molecule has 2 amide bonds. The van der Waals surface area contributed by atoms with Crippen LogP contribution in [0, 0.1) is 0 Å². The number of hydrogen-bond acceptors (Lipinski definition) is 5. The largest absolute Gasteiger partial charge is 0.480 e. The molecule has 1 rings (SSSR count). The van der Waals surface area contributed by atoms with Crippen molar-refractivity contribution >= 4 is 12.0 Å². The second-order valence-electron chi connectivity index (χ2n) is 3.16. The van der Waals surface area contributed by atoms with Crippen LogP contribution in [-0.4, -0.2) is 50.0 Å². The van der Waals surface area contributed by atoms with E-state index in [-0.39, 0.29) is 19.6 Å². The first-order valence-electron chi connectivity index (χ1n) is 4.85. The van der Waals surface area contributed by atoms with Gasteiger partial charge in [0, 0.05) is 13.0 Å². The van der Waals surface area contributed by atoms with Crippen LogP contribution < -0.4 is 10.6 Å². The number of rotatable bonds is 6. The quantitative estimate of drug-likeness (QED) is 0.409. The van der Waals surface area contributed by atoms with Crippen molar-refractivity contribution in [2.75, 3.05) is 6.61 Å². The summed E-state index contributed by atoms with van der Waals surface area (Å²) in [4.78, 5) is 25.7. The number of carboxylic acids is 1. The van der Waals surface area contributed by atoms with E-state index in [1.54, 1.807) is 0 Å². The van der Waals surface area contributed by atoms with Gasteiger partial charge in [0.05, 0.1) is 6.54 Å². The molecule has 0 fully saturated rings. The molecular formula is C8H13N5O4. The van der Waals surface area contributed by atoms with Gasteiger partial charge in [0.1, 0.15) is 18.2 Å². The van der Waals surface area contributed by atoms with Crippen molar-refractivity contribution in [3.05, 3.63) is 12.2 Å². The number of aromatic nitrogens is 3. The molecule has 0 radical (unpaired) electrons. The Hall–Kier alpha value is -2.16. The average molecular weight is 243 g/mol. The monoisotopic (exact) mass is 243 g/mol. The number of aliphatic hydroxyl groups is 1. The lowest BCUT2D eigenvalue weighted by Crippen LogP contribution is -2.46. The number of nitrogens with zero attached hydrogens (tertiary/aromatic N) is 2. The third-order valence-corrected chi connectivity index (χ3v) is 1.90. The van der Waals surface area contributed by atoms with Crippen molar-refractivity contribution in [3.8, 4) is 0 Å². The van der Waals surface area contributed by atoms with Gasteiger partial charge in [-0.15, -0.1) is 0 Å². The molecule has 0 aliphatic rings. The molecule has 0 unspecified atom stereocenters. The van der Waals surface area contributed by atoms with Crippen molar-refractivity contribution < 1.29 is 19.8 Å². The summed E-state index contributed by atoms with van der Waals surface area (Å²) in [5.41, 5.74) is 0. The maximum Gasteiger partial charge on any atom is 0.326 e. The summed E-state index contributed by atoms with van der Waals surface area (Å²) in [5, 5.41) is 28.1. The van der Waals surface area contributed by atoms with Crippen LogP contribution in [0.3, 0.4) is 0 Å². The van der Waals surface area contributed by atoms with Crippen molar-refractivity contribution in [3.63, 3.8) is 0 Å². The first kappa shape index (κ1) is 12.9. The first-order chi connectivity index (χ1) is 8.13. The van der Waals surface area contributed by atoms with Gasteiger partial charge in [-0.2, -0.15) is 5.10 Å². The number of aliphatic carboxylic acids is 1. The first-order valence-corrected chi connectivity index (χ1v) is 4.85. The Morgan fingerprint density at radius 2 is 2.29 bits per heavy atom. The highest BCUT2D eigenvalue weighted by Crippen LogP contribution is 1.91. The normalized spacial score (nSPS) is 11.8. The number of urea groups is 1. The Kier molecular flexibility index (Phi) is 4.88. The topological polar surface area (TPSA) is 140 Å². The minimum absolute atomic E-state index is 0.0505. The van der Waals surface area contributed by atoms with Gasteiger partial charge in [-0.1, -0.05) is 0 Å². The lowest BCUT2D eigenvalue weighted by molar-refractivity contribution is -0.139. The van der Waals surface area contributed by atoms with Crippen LogP contribution in [0.25, 0.3) is 0 Å². The van der Waals surface area contributed by atoms with Gasteiger partial charge < -0.3 is 20.8 Å². The van der Waals surface area contributed by atoms with E-state index in [2.05, 4.69) is 25.8 Å². The lowest BCUT2D eigenvalue weighted by Gasteiger charge is -2.13. The number of carbonyl (C=O) groups excluding carboxylic acids is 1. The lowest BCUT2D eigenvalue weighted by atomic mass is 10.2. The van der Waals surface area contributed by atoms with E-state index in [1.807, 2.05) is 0 Å². The third kappa shape index (κ3) is 4.47. The summed E-state index contributed by atoms with van der Waals surface area (Å²) in [7, 11) is 0. The number of hydrogen-bond donors (Lipinski definition) is 5. The van der Waals surface area contributed by atoms with Crippen molar-refractivity contribution in [2.45, 2.75) is 19.0 Å². The molecule has 1 aromatic rings. The fraction of sp³-hybridized carbons (Fsp3) is 0.500. The molecule has 0 spiro atoms. The van der Waals surface area contributed by atoms with Gasteiger partial charge in [-0.05, 0) is 0 Å². The Balaban J connectivity index is 2.34. The number of amides is 2. The van der Waals surface area contributed by atoms with E-state index < -0.39 is 18.0 Å². The highest BCUT2D eigenvalue weighted by atomic mass is 16.4. The zero-order valence-corrected chi connectivity index (χ0v) is 8.88. The standard InChI is InChI=1S/C8H13N5O4/c14-2-1-5(7(15)16)12-8(17)9-3-6-10-4-11-13-6/h4-5,14H,1-3H2,(H,15,16)(H2,9,12,17)(H,10,11,13)/t5-/m1/s1. The van der Waals surface area contributed by atoms with Crippen LogP contribution in [0.5, 0.6) is 0 Å². The minimum atomic E-state index is -1.20. The predicted octanol–water partition coefficient (Wildman–Crippen LogP) is -1.56. The summed E-state index contributed by atoms with van der Waals surface area (Å²) in [6, 6.07) is -1.77. The number of nitrogens with one attached hydrogen (secondary N) is 3. The Labute approximate surface area is 96.2 Å². The molecule has 1 aromatic heterocycles. The second kappa shape index (κ2) is 6.43. The maximum atomic E-state index is 11.3. The summed E-state index contributed by atoms with van der Waals surface area (Å²) >= 11 is 0. The van der Waals surface area contributed by atoms with Crippen molar-refractivity contribution in [1.29, 1.82) is 0 Å². The summed E-state index contributed by atoms with van der Waals surface area (Å²) < 4.78 is 0. The van der Waals surface area contributed by atoms with Gasteiger partial charge in [-0.25, -0.2) is 14.6 Å². The van der Waals surface area contributed by atoms with Crippen LogP contribution in [0.4, 0.5) is 4.79 Å². The van der Waals surface area contributed by atoms with Crippen LogP contribution >= 0.6 is 0 Å². The highest BCUT2D eigenvalue weighted by molar-refractivity contribution is 5.82. The molecule has 17 heavy (non-hydrogen) atoms. The molecule has 0 aliphatic heterocycles. The molecule has 5 N–H and O–H groups in total. The van der Waals surface area contributed by atoms with E-state index in [0.29, 0.717) is 5.82 Å². The van der Waals surface area contributed by atoms with E-state index in [4.69, 9.17) is 10.2 Å². The fourth-order valence-corrected chi connectivity index (χ4v) is 1.08. The van der Waals surface area contributed by atoms with Gasteiger partial charge in [0.15, 0.2) is 0 Å². The molecule has 1 heterocycles. The van der Waals surface area contributed by atoms with Crippen molar-refractivity contribution in [2.24, 2.45) is 0 Å². The molecule has 0 bridgehead atoms.